The van der Waals surface area contributed by atoms with E-state index in [-0.39, 0.29) is 0 Å². The van der Waals surface area contributed by atoms with Crippen molar-refractivity contribution in [2.24, 2.45) is 0 Å². The molecule has 1 aliphatic rings. The average molecular weight is 177 g/mol. The van der Waals surface area contributed by atoms with Gasteiger partial charge in [0, 0.05) is 24.2 Å². The SMILES string of the molecule is CC1NNCC1c1cccc(N)c1. The van der Waals surface area contributed by atoms with E-state index < -0.39 is 0 Å². The maximum Gasteiger partial charge on any atom is 0.0316 e. The second-order valence-electron chi connectivity index (χ2n) is 3.59. The minimum atomic E-state index is 0.474. The fourth-order valence-electron chi connectivity index (χ4n) is 1.80. The number of anilines is 1. The van der Waals surface area contributed by atoms with E-state index in [0.29, 0.717) is 12.0 Å². The van der Waals surface area contributed by atoms with Gasteiger partial charge in [-0.15, -0.1) is 0 Å². The van der Waals surface area contributed by atoms with Gasteiger partial charge in [-0.05, 0) is 24.6 Å². The Morgan fingerprint density at radius 3 is 2.92 bits per heavy atom. The smallest absolute Gasteiger partial charge is 0.0316 e. The zero-order valence-corrected chi connectivity index (χ0v) is 7.75. The van der Waals surface area contributed by atoms with Gasteiger partial charge in [-0.25, -0.2) is 0 Å². The van der Waals surface area contributed by atoms with Gasteiger partial charge in [0.15, 0.2) is 0 Å². The predicted octanol–water partition coefficient (Wildman–Crippen LogP) is 0.849. The van der Waals surface area contributed by atoms with Crippen molar-refractivity contribution in [2.45, 2.75) is 18.9 Å². The van der Waals surface area contributed by atoms with Gasteiger partial charge in [0.2, 0.25) is 0 Å². The fraction of sp³-hybridized carbons (Fsp3) is 0.400. The Morgan fingerprint density at radius 1 is 1.46 bits per heavy atom. The highest BCUT2D eigenvalue weighted by Crippen LogP contribution is 2.23. The highest BCUT2D eigenvalue weighted by atomic mass is 15.4. The van der Waals surface area contributed by atoms with Crippen LogP contribution in [0.5, 0.6) is 0 Å². The van der Waals surface area contributed by atoms with Crippen LogP contribution in [0, 0.1) is 0 Å². The van der Waals surface area contributed by atoms with Crippen molar-refractivity contribution >= 4 is 5.69 Å². The molecule has 0 radical (unpaired) electrons. The number of nitrogens with two attached hydrogens (primary N) is 1. The molecule has 0 aliphatic carbocycles. The van der Waals surface area contributed by atoms with Gasteiger partial charge in [-0.3, -0.25) is 10.9 Å². The standard InChI is InChI=1S/C10H15N3/c1-7-10(6-12-13-7)8-3-2-4-9(11)5-8/h2-5,7,10,12-13H,6,11H2,1H3. The number of rotatable bonds is 1. The largest absolute Gasteiger partial charge is 0.399 e. The van der Waals surface area contributed by atoms with Crippen LogP contribution >= 0.6 is 0 Å². The van der Waals surface area contributed by atoms with E-state index in [1.54, 1.807) is 0 Å². The van der Waals surface area contributed by atoms with Gasteiger partial charge in [0.1, 0.15) is 0 Å². The summed E-state index contributed by atoms with van der Waals surface area (Å²) in [5, 5.41) is 0. The average Bonchev–Trinajstić information content (AvgIpc) is 2.51. The fourth-order valence-corrected chi connectivity index (χ4v) is 1.80. The van der Waals surface area contributed by atoms with Crippen LogP contribution in [0.4, 0.5) is 5.69 Å². The summed E-state index contributed by atoms with van der Waals surface area (Å²) in [6.07, 6.45) is 0. The van der Waals surface area contributed by atoms with E-state index in [9.17, 15) is 0 Å². The van der Waals surface area contributed by atoms with Crippen molar-refractivity contribution < 1.29 is 0 Å². The van der Waals surface area contributed by atoms with E-state index >= 15 is 0 Å². The van der Waals surface area contributed by atoms with Crippen molar-refractivity contribution in [3.63, 3.8) is 0 Å². The zero-order chi connectivity index (χ0) is 9.26. The van der Waals surface area contributed by atoms with Gasteiger partial charge >= 0.3 is 0 Å². The highest BCUT2D eigenvalue weighted by Gasteiger charge is 2.23. The lowest BCUT2D eigenvalue weighted by molar-refractivity contribution is 0.570. The molecule has 1 heterocycles. The first kappa shape index (κ1) is 8.53. The molecule has 70 valence electrons. The lowest BCUT2D eigenvalue weighted by Crippen LogP contribution is -2.28. The summed E-state index contributed by atoms with van der Waals surface area (Å²) in [4.78, 5) is 0. The summed E-state index contributed by atoms with van der Waals surface area (Å²) in [6.45, 7) is 3.15. The molecule has 0 aromatic heterocycles. The number of hydrogen-bond donors (Lipinski definition) is 3. The Balaban J connectivity index is 2.24. The Kier molecular flexibility index (Phi) is 2.20. The van der Waals surface area contributed by atoms with Crippen molar-refractivity contribution in [3.8, 4) is 0 Å². The minimum Gasteiger partial charge on any atom is -0.399 e. The van der Waals surface area contributed by atoms with Crippen molar-refractivity contribution in [2.75, 3.05) is 12.3 Å². The molecule has 13 heavy (non-hydrogen) atoms. The molecular weight excluding hydrogens is 162 g/mol. The minimum absolute atomic E-state index is 0.474. The number of hydrogen-bond acceptors (Lipinski definition) is 3. The first-order valence-electron chi connectivity index (χ1n) is 4.61. The molecule has 1 aliphatic heterocycles. The highest BCUT2D eigenvalue weighted by molar-refractivity contribution is 5.42. The Morgan fingerprint density at radius 2 is 2.31 bits per heavy atom. The first-order valence-corrected chi connectivity index (χ1v) is 4.61. The molecule has 1 aromatic carbocycles. The predicted molar refractivity (Wildman–Crippen MR) is 54.2 cm³/mol. The number of benzene rings is 1. The Bertz CT molecular complexity index is 298. The lowest BCUT2D eigenvalue weighted by atomic mass is 9.94. The van der Waals surface area contributed by atoms with Gasteiger partial charge in [-0.1, -0.05) is 12.1 Å². The topological polar surface area (TPSA) is 50.1 Å². The van der Waals surface area contributed by atoms with E-state index in [4.69, 9.17) is 5.73 Å². The molecular formula is C10H15N3. The normalized spacial score (nSPS) is 27.8. The molecule has 2 atom stereocenters. The molecule has 2 rings (SSSR count). The van der Waals surface area contributed by atoms with Gasteiger partial charge < -0.3 is 5.73 Å². The third-order valence-electron chi connectivity index (χ3n) is 2.59. The lowest BCUT2D eigenvalue weighted by Gasteiger charge is -2.14. The molecule has 3 heteroatoms. The first-order chi connectivity index (χ1) is 6.27. The van der Waals surface area contributed by atoms with E-state index in [1.807, 2.05) is 12.1 Å². The summed E-state index contributed by atoms with van der Waals surface area (Å²) in [5.41, 5.74) is 14.2. The molecule has 0 spiro atoms. The molecule has 1 fully saturated rings. The number of nitrogens with one attached hydrogen (secondary N) is 2. The summed E-state index contributed by atoms with van der Waals surface area (Å²) >= 11 is 0. The molecule has 4 N–H and O–H groups in total. The Hall–Kier alpha value is -1.06. The summed E-state index contributed by atoms with van der Waals surface area (Å²) in [7, 11) is 0. The van der Waals surface area contributed by atoms with Crippen LogP contribution in [0.3, 0.4) is 0 Å². The van der Waals surface area contributed by atoms with E-state index in [0.717, 1.165) is 12.2 Å². The third-order valence-corrected chi connectivity index (χ3v) is 2.59. The maximum absolute atomic E-state index is 5.73. The quantitative estimate of drug-likeness (QED) is 0.557. The molecule has 1 aromatic rings. The molecule has 2 unspecified atom stereocenters. The summed E-state index contributed by atoms with van der Waals surface area (Å²) < 4.78 is 0. The second kappa shape index (κ2) is 3.36. The second-order valence-corrected chi connectivity index (χ2v) is 3.59. The Labute approximate surface area is 78.3 Å². The number of nitrogen functional groups attached to an aromatic ring is 1. The third kappa shape index (κ3) is 1.66. The van der Waals surface area contributed by atoms with Crippen LogP contribution in [0.2, 0.25) is 0 Å². The van der Waals surface area contributed by atoms with Crippen LogP contribution in [-0.4, -0.2) is 12.6 Å². The zero-order valence-electron chi connectivity index (χ0n) is 7.75. The van der Waals surface area contributed by atoms with Gasteiger partial charge in [0.25, 0.3) is 0 Å². The molecule has 3 nitrogen and oxygen atoms in total. The molecule has 1 saturated heterocycles. The van der Waals surface area contributed by atoms with Crippen LogP contribution in [0.25, 0.3) is 0 Å². The molecule has 0 amide bonds. The van der Waals surface area contributed by atoms with Gasteiger partial charge in [-0.2, -0.15) is 0 Å². The maximum atomic E-state index is 5.73. The van der Waals surface area contributed by atoms with Gasteiger partial charge in [0.05, 0.1) is 0 Å². The van der Waals surface area contributed by atoms with E-state index in [1.165, 1.54) is 5.56 Å². The molecule has 0 saturated carbocycles. The monoisotopic (exact) mass is 177 g/mol. The van der Waals surface area contributed by atoms with Crippen molar-refractivity contribution in [3.05, 3.63) is 29.8 Å². The molecule has 0 bridgehead atoms. The van der Waals surface area contributed by atoms with Crippen molar-refractivity contribution in [1.82, 2.24) is 10.9 Å². The summed E-state index contributed by atoms with van der Waals surface area (Å²) in [5.74, 6) is 0.531. The van der Waals surface area contributed by atoms with Crippen molar-refractivity contribution in [1.29, 1.82) is 0 Å². The van der Waals surface area contributed by atoms with Crippen LogP contribution in [0.15, 0.2) is 24.3 Å². The van der Waals surface area contributed by atoms with Crippen LogP contribution in [0.1, 0.15) is 18.4 Å². The number of hydrazine groups is 1. The van der Waals surface area contributed by atoms with Crippen LogP contribution in [-0.2, 0) is 0 Å². The summed E-state index contributed by atoms with van der Waals surface area (Å²) in [6, 6.07) is 8.59. The van der Waals surface area contributed by atoms with E-state index in [2.05, 4.69) is 29.9 Å². The van der Waals surface area contributed by atoms with Crippen LogP contribution < -0.4 is 16.6 Å².